The third-order valence-electron chi connectivity index (χ3n) is 4.48. The fourth-order valence-corrected chi connectivity index (χ4v) is 3.46. The van der Waals surface area contributed by atoms with Gasteiger partial charge in [-0.3, -0.25) is 9.59 Å². The van der Waals surface area contributed by atoms with Crippen LogP contribution in [0.2, 0.25) is 5.02 Å². The van der Waals surface area contributed by atoms with Crippen molar-refractivity contribution in [3.63, 3.8) is 0 Å². The predicted molar refractivity (Wildman–Crippen MR) is 97.3 cm³/mol. The maximum atomic E-state index is 12.2. The molecule has 0 saturated carbocycles. The van der Waals surface area contributed by atoms with Crippen LogP contribution in [0.3, 0.4) is 0 Å². The smallest absolute Gasteiger partial charge is 0.258 e. The molecule has 0 saturated heterocycles. The average molecular weight is 358 g/mol. The molecule has 1 N–H and O–H groups in total. The van der Waals surface area contributed by atoms with Gasteiger partial charge in [-0.2, -0.15) is 0 Å². The Balaban J connectivity index is 1.64. The maximum Gasteiger partial charge on any atom is 0.258 e. The van der Waals surface area contributed by atoms with Gasteiger partial charge in [-0.05, 0) is 41.7 Å². The number of carbonyl (C=O) groups excluding carboxylic acids is 2. The maximum absolute atomic E-state index is 12.2. The Labute approximate surface area is 152 Å². The van der Waals surface area contributed by atoms with Gasteiger partial charge < -0.3 is 10.1 Å². The molecule has 5 heteroatoms. The molecule has 1 amide bonds. The molecule has 0 radical (unpaired) electrons. The number of hydrogen-bond donors (Lipinski definition) is 1. The van der Waals surface area contributed by atoms with E-state index >= 15 is 0 Å². The zero-order valence-electron chi connectivity index (χ0n) is 14.3. The Morgan fingerprint density at radius 3 is 2.80 bits per heavy atom. The van der Waals surface area contributed by atoms with Crippen LogP contribution in [-0.2, 0) is 11.3 Å². The number of Topliss-reactive ketones (excluding diaryl/α,β-unsaturated/α-hetero) is 1. The number of nitrogens with one attached hydrogen (secondary N) is 1. The highest BCUT2D eigenvalue weighted by atomic mass is 35.5. The van der Waals surface area contributed by atoms with Gasteiger partial charge in [0.2, 0.25) is 0 Å². The summed E-state index contributed by atoms with van der Waals surface area (Å²) in [6.45, 7) is 4.23. The first-order chi connectivity index (χ1) is 12.0. The summed E-state index contributed by atoms with van der Waals surface area (Å²) in [7, 11) is 0. The summed E-state index contributed by atoms with van der Waals surface area (Å²) in [5.74, 6) is 0.508. The van der Waals surface area contributed by atoms with Crippen LogP contribution in [0.25, 0.3) is 0 Å². The summed E-state index contributed by atoms with van der Waals surface area (Å²) >= 11 is 6.07. The van der Waals surface area contributed by atoms with Crippen molar-refractivity contribution in [2.24, 2.45) is 0 Å². The predicted octanol–water partition coefficient (Wildman–Crippen LogP) is 4.03. The highest BCUT2D eigenvalue weighted by Gasteiger charge is 2.31. The normalized spacial score (nSPS) is 15.8. The highest BCUT2D eigenvalue weighted by Crippen LogP contribution is 2.40. The molecule has 0 aromatic heterocycles. The van der Waals surface area contributed by atoms with Crippen molar-refractivity contribution in [2.75, 3.05) is 6.61 Å². The van der Waals surface area contributed by atoms with E-state index < -0.39 is 0 Å². The first kappa shape index (κ1) is 17.5. The van der Waals surface area contributed by atoms with Gasteiger partial charge in [0.1, 0.15) is 5.75 Å². The minimum atomic E-state index is -0.257. The fourth-order valence-electron chi connectivity index (χ4n) is 3.26. The van der Waals surface area contributed by atoms with Crippen LogP contribution in [-0.4, -0.2) is 18.3 Å². The van der Waals surface area contributed by atoms with Crippen molar-refractivity contribution >= 4 is 23.3 Å². The molecule has 0 aliphatic heterocycles. The van der Waals surface area contributed by atoms with Crippen molar-refractivity contribution in [3.05, 3.63) is 63.7 Å². The fraction of sp³-hybridized carbons (Fsp3) is 0.300. The van der Waals surface area contributed by atoms with Gasteiger partial charge >= 0.3 is 0 Å². The van der Waals surface area contributed by atoms with E-state index in [9.17, 15) is 9.59 Å². The Kier molecular flexibility index (Phi) is 5.09. The number of rotatable bonds is 5. The molecule has 0 bridgehead atoms. The summed E-state index contributed by atoms with van der Waals surface area (Å²) < 4.78 is 5.64. The lowest BCUT2D eigenvalue weighted by Gasteiger charge is -2.13. The summed E-state index contributed by atoms with van der Waals surface area (Å²) in [6, 6.07) is 11.0. The number of hydrogen-bond acceptors (Lipinski definition) is 3. The van der Waals surface area contributed by atoms with Crippen molar-refractivity contribution in [1.29, 1.82) is 0 Å². The molecule has 25 heavy (non-hydrogen) atoms. The SMILES string of the molecule is Cc1ccc(OCC(=O)NCc2ccccc2Cl)c2c1[C@H](C)CC2=O. The number of carbonyl (C=O) groups is 2. The third-order valence-corrected chi connectivity index (χ3v) is 4.85. The topological polar surface area (TPSA) is 55.4 Å². The molecular formula is C20H20ClNO3. The van der Waals surface area contributed by atoms with Crippen LogP contribution in [0.15, 0.2) is 36.4 Å². The summed E-state index contributed by atoms with van der Waals surface area (Å²) in [4.78, 5) is 24.3. The van der Waals surface area contributed by atoms with E-state index in [4.69, 9.17) is 16.3 Å². The first-order valence-electron chi connectivity index (χ1n) is 8.27. The molecule has 0 fully saturated rings. The van der Waals surface area contributed by atoms with Crippen LogP contribution in [0.5, 0.6) is 5.75 Å². The lowest BCUT2D eigenvalue weighted by molar-refractivity contribution is -0.123. The second-order valence-electron chi connectivity index (χ2n) is 6.35. The number of ether oxygens (including phenoxy) is 1. The number of amides is 1. The van der Waals surface area contributed by atoms with Crippen molar-refractivity contribution in [1.82, 2.24) is 5.32 Å². The Hall–Kier alpha value is -2.33. The average Bonchev–Trinajstić information content (AvgIpc) is 2.89. The van der Waals surface area contributed by atoms with Crippen LogP contribution in [0.4, 0.5) is 0 Å². The first-order valence-corrected chi connectivity index (χ1v) is 8.64. The molecule has 1 atom stereocenters. The molecule has 4 nitrogen and oxygen atoms in total. The van der Waals surface area contributed by atoms with E-state index in [1.807, 2.05) is 38.1 Å². The number of aryl methyl sites for hydroxylation is 1. The lowest BCUT2D eigenvalue weighted by atomic mass is 9.97. The molecule has 3 rings (SSSR count). The molecule has 1 aliphatic rings. The molecular weight excluding hydrogens is 338 g/mol. The highest BCUT2D eigenvalue weighted by molar-refractivity contribution is 6.31. The standard InChI is InChI=1S/C20H20ClNO3/c1-12-7-8-17(20-16(23)9-13(2)19(12)20)25-11-18(24)22-10-14-5-3-4-6-15(14)21/h3-8,13H,9-11H2,1-2H3,(H,22,24)/t13-/m1/s1. The largest absolute Gasteiger partial charge is 0.483 e. The van der Waals surface area contributed by atoms with Gasteiger partial charge in [-0.15, -0.1) is 0 Å². The second-order valence-corrected chi connectivity index (χ2v) is 6.76. The van der Waals surface area contributed by atoms with E-state index in [2.05, 4.69) is 5.32 Å². The van der Waals surface area contributed by atoms with Gasteiger partial charge in [0.05, 0.1) is 5.56 Å². The number of fused-ring (bicyclic) bond motifs is 1. The van der Waals surface area contributed by atoms with Crippen LogP contribution < -0.4 is 10.1 Å². The lowest BCUT2D eigenvalue weighted by Crippen LogP contribution is -2.28. The van der Waals surface area contributed by atoms with Gasteiger partial charge in [0.25, 0.3) is 5.91 Å². The monoisotopic (exact) mass is 357 g/mol. The van der Waals surface area contributed by atoms with E-state index in [0.717, 1.165) is 16.7 Å². The van der Waals surface area contributed by atoms with E-state index in [-0.39, 0.29) is 24.2 Å². The van der Waals surface area contributed by atoms with Crippen molar-refractivity contribution in [3.8, 4) is 5.75 Å². The molecule has 0 heterocycles. The summed E-state index contributed by atoms with van der Waals surface area (Å²) in [5.41, 5.74) is 3.60. The Morgan fingerprint density at radius 1 is 1.28 bits per heavy atom. The van der Waals surface area contributed by atoms with Gasteiger partial charge in [0, 0.05) is 18.0 Å². The molecule has 2 aromatic rings. The number of ketones is 1. The van der Waals surface area contributed by atoms with Gasteiger partial charge in [0.15, 0.2) is 12.4 Å². The summed E-state index contributed by atoms with van der Waals surface area (Å²) in [5, 5.41) is 3.39. The van der Waals surface area contributed by atoms with E-state index in [0.29, 0.717) is 29.3 Å². The third kappa shape index (κ3) is 3.69. The molecule has 2 aromatic carbocycles. The van der Waals surface area contributed by atoms with Crippen molar-refractivity contribution in [2.45, 2.75) is 32.7 Å². The number of halogens is 1. The Morgan fingerprint density at radius 2 is 2.04 bits per heavy atom. The summed E-state index contributed by atoms with van der Waals surface area (Å²) in [6.07, 6.45) is 0.495. The van der Waals surface area contributed by atoms with E-state index in [1.54, 1.807) is 12.1 Å². The molecule has 130 valence electrons. The van der Waals surface area contributed by atoms with E-state index in [1.165, 1.54) is 0 Å². The number of benzene rings is 2. The van der Waals surface area contributed by atoms with Gasteiger partial charge in [-0.1, -0.05) is 42.8 Å². The minimum absolute atomic E-state index is 0.0812. The van der Waals surface area contributed by atoms with Crippen LogP contribution >= 0.6 is 11.6 Å². The van der Waals surface area contributed by atoms with Crippen LogP contribution in [0, 0.1) is 6.92 Å². The molecule has 0 spiro atoms. The Bertz CT molecular complexity index is 832. The zero-order valence-corrected chi connectivity index (χ0v) is 15.0. The van der Waals surface area contributed by atoms with Crippen LogP contribution in [0.1, 0.15) is 46.3 Å². The second kappa shape index (κ2) is 7.28. The quantitative estimate of drug-likeness (QED) is 0.878. The zero-order chi connectivity index (χ0) is 18.0. The molecule has 0 unspecified atom stereocenters. The van der Waals surface area contributed by atoms with Gasteiger partial charge in [-0.25, -0.2) is 0 Å². The minimum Gasteiger partial charge on any atom is -0.483 e. The van der Waals surface area contributed by atoms with Crippen molar-refractivity contribution < 1.29 is 14.3 Å². The molecule has 1 aliphatic carbocycles.